The van der Waals surface area contributed by atoms with Crippen LogP contribution in [-0.2, 0) is 6.42 Å². The van der Waals surface area contributed by atoms with Crippen LogP contribution < -0.4 is 15.5 Å². The molecule has 0 atom stereocenters. The molecule has 0 bridgehead atoms. The van der Waals surface area contributed by atoms with Crippen molar-refractivity contribution in [2.75, 3.05) is 42.9 Å². The number of aromatic nitrogens is 1. The largest absolute Gasteiger partial charge is 0.353 e. The fourth-order valence-corrected chi connectivity index (χ4v) is 3.44. The Morgan fingerprint density at radius 2 is 1.83 bits per heavy atom. The van der Waals surface area contributed by atoms with Crippen molar-refractivity contribution in [2.45, 2.75) is 27.2 Å². The van der Waals surface area contributed by atoms with E-state index in [2.05, 4.69) is 34.4 Å². The molecule has 7 heteroatoms. The molecule has 1 aromatic heterocycles. The van der Waals surface area contributed by atoms with Gasteiger partial charge in [0.2, 0.25) is 0 Å². The second-order valence-electron chi connectivity index (χ2n) is 7.16. The molecular formula is C22H29N5O2. The third-order valence-corrected chi connectivity index (χ3v) is 5.22. The first-order valence-corrected chi connectivity index (χ1v) is 10.2. The summed E-state index contributed by atoms with van der Waals surface area (Å²) in [6, 6.07) is 9.60. The van der Waals surface area contributed by atoms with E-state index in [4.69, 9.17) is 0 Å². The van der Waals surface area contributed by atoms with E-state index in [1.54, 1.807) is 12.3 Å². The van der Waals surface area contributed by atoms with E-state index in [0.717, 1.165) is 31.0 Å². The van der Waals surface area contributed by atoms with E-state index < -0.39 is 0 Å². The minimum Gasteiger partial charge on any atom is -0.353 e. The maximum absolute atomic E-state index is 12.5. The highest BCUT2D eigenvalue weighted by Gasteiger charge is 2.21. The second-order valence-corrected chi connectivity index (χ2v) is 7.16. The first-order valence-electron chi connectivity index (χ1n) is 10.2. The van der Waals surface area contributed by atoms with Gasteiger partial charge in [-0.1, -0.05) is 13.0 Å². The predicted octanol–water partition coefficient (Wildman–Crippen LogP) is 3.06. The van der Waals surface area contributed by atoms with Crippen LogP contribution in [0.15, 0.2) is 36.5 Å². The highest BCUT2D eigenvalue weighted by Crippen LogP contribution is 2.18. The highest BCUT2D eigenvalue weighted by atomic mass is 16.2. The molecule has 154 valence electrons. The molecule has 1 saturated heterocycles. The molecule has 2 heterocycles. The van der Waals surface area contributed by atoms with Gasteiger partial charge >= 0.3 is 6.03 Å². The van der Waals surface area contributed by atoms with Crippen LogP contribution in [-0.4, -0.2) is 54.5 Å². The number of anilines is 2. The molecule has 3 amide bonds. The van der Waals surface area contributed by atoms with Gasteiger partial charge in [0.15, 0.2) is 0 Å². The van der Waals surface area contributed by atoms with E-state index in [1.165, 1.54) is 11.1 Å². The summed E-state index contributed by atoms with van der Waals surface area (Å²) in [4.78, 5) is 32.9. The lowest BCUT2D eigenvalue weighted by molar-refractivity contribution is 0.102. The van der Waals surface area contributed by atoms with Crippen LogP contribution in [0.2, 0.25) is 0 Å². The van der Waals surface area contributed by atoms with E-state index >= 15 is 0 Å². The minimum atomic E-state index is -0.170. The Bertz CT molecular complexity index is 858. The summed E-state index contributed by atoms with van der Waals surface area (Å²) in [6.45, 7) is 9.48. The molecule has 0 aliphatic carbocycles. The van der Waals surface area contributed by atoms with Crippen LogP contribution in [0.25, 0.3) is 0 Å². The van der Waals surface area contributed by atoms with Gasteiger partial charge in [0.1, 0.15) is 5.82 Å². The molecule has 29 heavy (non-hydrogen) atoms. The lowest BCUT2D eigenvalue weighted by Crippen LogP contribution is -2.52. The smallest absolute Gasteiger partial charge is 0.317 e. The number of rotatable bonds is 5. The fraction of sp³-hybridized carbons (Fsp3) is 0.409. The van der Waals surface area contributed by atoms with Gasteiger partial charge in [0.25, 0.3) is 5.91 Å². The van der Waals surface area contributed by atoms with Crippen molar-refractivity contribution >= 4 is 23.4 Å². The summed E-state index contributed by atoms with van der Waals surface area (Å²) in [6.07, 6.45) is 2.54. The van der Waals surface area contributed by atoms with E-state index in [9.17, 15) is 9.59 Å². The van der Waals surface area contributed by atoms with Crippen molar-refractivity contribution in [3.05, 3.63) is 53.2 Å². The first-order chi connectivity index (χ1) is 14.0. The molecule has 2 N–H and O–H groups in total. The van der Waals surface area contributed by atoms with Crippen LogP contribution in [0.4, 0.5) is 16.3 Å². The zero-order valence-electron chi connectivity index (χ0n) is 17.4. The molecule has 1 aromatic carbocycles. The van der Waals surface area contributed by atoms with Crippen molar-refractivity contribution in [2.24, 2.45) is 0 Å². The Balaban J connectivity index is 1.59. The Morgan fingerprint density at radius 1 is 1.07 bits per heavy atom. The number of carbonyl (C=O) groups is 2. The van der Waals surface area contributed by atoms with Crippen molar-refractivity contribution < 1.29 is 9.59 Å². The minimum absolute atomic E-state index is 0.0190. The Labute approximate surface area is 172 Å². The third kappa shape index (κ3) is 5.04. The van der Waals surface area contributed by atoms with E-state index in [-0.39, 0.29) is 11.9 Å². The maximum Gasteiger partial charge on any atom is 0.317 e. The summed E-state index contributed by atoms with van der Waals surface area (Å²) < 4.78 is 0. The lowest BCUT2D eigenvalue weighted by atomic mass is 10.1. The number of amides is 3. The fourth-order valence-electron chi connectivity index (χ4n) is 3.44. The number of hydrogen-bond acceptors (Lipinski definition) is 4. The Kier molecular flexibility index (Phi) is 6.69. The molecule has 0 radical (unpaired) electrons. The quantitative estimate of drug-likeness (QED) is 0.816. The molecule has 0 spiro atoms. The number of hydrogen-bond donors (Lipinski definition) is 2. The normalized spacial score (nSPS) is 13.9. The lowest BCUT2D eigenvalue weighted by Gasteiger charge is -2.35. The topological polar surface area (TPSA) is 77.6 Å². The van der Waals surface area contributed by atoms with Crippen molar-refractivity contribution in [3.8, 4) is 0 Å². The van der Waals surface area contributed by atoms with Crippen LogP contribution in [0.3, 0.4) is 0 Å². The third-order valence-electron chi connectivity index (χ3n) is 5.22. The Morgan fingerprint density at radius 3 is 2.45 bits per heavy atom. The summed E-state index contributed by atoms with van der Waals surface area (Å²) in [5.74, 6) is 0.650. The molecule has 3 rings (SSSR count). The van der Waals surface area contributed by atoms with Gasteiger partial charge in [0.05, 0.1) is 5.56 Å². The molecule has 1 aliphatic rings. The molecular weight excluding hydrogens is 366 g/mol. The summed E-state index contributed by atoms with van der Waals surface area (Å²) in [7, 11) is 0. The highest BCUT2D eigenvalue weighted by molar-refractivity contribution is 6.04. The summed E-state index contributed by atoms with van der Waals surface area (Å²) >= 11 is 0. The van der Waals surface area contributed by atoms with Crippen molar-refractivity contribution in [3.63, 3.8) is 0 Å². The predicted molar refractivity (Wildman–Crippen MR) is 116 cm³/mol. The average molecular weight is 396 g/mol. The molecule has 2 aromatic rings. The van der Waals surface area contributed by atoms with E-state index in [0.29, 0.717) is 25.2 Å². The van der Waals surface area contributed by atoms with Crippen LogP contribution in [0.5, 0.6) is 0 Å². The van der Waals surface area contributed by atoms with Gasteiger partial charge in [-0.15, -0.1) is 0 Å². The van der Waals surface area contributed by atoms with Crippen molar-refractivity contribution in [1.29, 1.82) is 0 Å². The number of carbonyl (C=O) groups excluding carboxylic acids is 2. The zero-order chi connectivity index (χ0) is 20.8. The van der Waals surface area contributed by atoms with Gasteiger partial charge < -0.3 is 20.4 Å². The second kappa shape index (κ2) is 9.41. The van der Waals surface area contributed by atoms with Crippen molar-refractivity contribution in [1.82, 2.24) is 15.2 Å². The van der Waals surface area contributed by atoms with Gasteiger partial charge in [-0.25, -0.2) is 9.78 Å². The average Bonchev–Trinajstić information content (AvgIpc) is 2.75. The number of pyridine rings is 1. The molecule has 1 aliphatic heterocycles. The number of benzene rings is 1. The van der Waals surface area contributed by atoms with Gasteiger partial charge in [0, 0.05) is 44.6 Å². The summed E-state index contributed by atoms with van der Waals surface area (Å²) in [5.41, 5.74) is 3.77. The van der Waals surface area contributed by atoms with Gasteiger partial charge in [-0.3, -0.25) is 4.79 Å². The van der Waals surface area contributed by atoms with Crippen LogP contribution >= 0.6 is 0 Å². The van der Waals surface area contributed by atoms with Crippen LogP contribution in [0, 0.1) is 6.92 Å². The summed E-state index contributed by atoms with van der Waals surface area (Å²) in [5, 5.41) is 5.77. The molecule has 0 unspecified atom stereocenters. The maximum atomic E-state index is 12.5. The van der Waals surface area contributed by atoms with Gasteiger partial charge in [-0.05, 0) is 55.7 Å². The number of piperazine rings is 1. The first kappa shape index (κ1) is 20.6. The van der Waals surface area contributed by atoms with Gasteiger partial charge in [-0.2, -0.15) is 0 Å². The zero-order valence-corrected chi connectivity index (χ0v) is 17.4. The number of nitrogens with one attached hydrogen (secondary N) is 2. The van der Waals surface area contributed by atoms with Crippen LogP contribution in [0.1, 0.15) is 35.3 Å². The van der Waals surface area contributed by atoms with E-state index in [1.807, 2.05) is 36.1 Å². The number of aryl methyl sites for hydroxylation is 2. The molecule has 0 saturated carbocycles. The number of urea groups is 1. The standard InChI is InChI=1S/C22H29N5O2/c1-4-17-14-19(8-6-16(17)3)25-21(28)18-7-9-20(24-15-18)26-10-12-27(13-11-26)22(29)23-5-2/h6-9,14-15H,4-5,10-13H2,1-3H3,(H,23,29)(H,25,28). The monoisotopic (exact) mass is 395 g/mol. The molecule has 1 fully saturated rings. The Hall–Kier alpha value is -3.09. The molecule has 7 nitrogen and oxygen atoms in total. The number of nitrogens with zero attached hydrogens (tertiary/aromatic N) is 3. The SMILES string of the molecule is CCNC(=O)N1CCN(c2ccc(C(=O)Nc3ccc(C)c(CC)c3)cn2)CC1.